The van der Waals surface area contributed by atoms with E-state index < -0.39 is 0 Å². The Morgan fingerprint density at radius 1 is 1.23 bits per heavy atom. The van der Waals surface area contributed by atoms with Crippen LogP contribution in [0, 0.1) is 0 Å². The number of rotatable bonds is 6. The lowest BCUT2D eigenvalue weighted by Crippen LogP contribution is -2.24. The van der Waals surface area contributed by atoms with Crippen LogP contribution < -0.4 is 15.6 Å². The zero-order valence-electron chi connectivity index (χ0n) is 12.8. The smallest absolute Gasteiger partial charge is 0.250 e. The summed E-state index contributed by atoms with van der Waals surface area (Å²) in [5.41, 5.74) is 1.90. The molecule has 0 unspecified atom stereocenters. The van der Waals surface area contributed by atoms with Gasteiger partial charge in [-0.25, -0.2) is 0 Å². The SMILES string of the molecule is COc1cccc(CCC(=O)NCc2ccc(=O)n(C)c2)c1. The first-order valence-corrected chi connectivity index (χ1v) is 7.13. The van der Waals surface area contributed by atoms with Gasteiger partial charge in [-0.2, -0.15) is 0 Å². The fraction of sp³-hybridized carbons (Fsp3) is 0.294. The number of amides is 1. The summed E-state index contributed by atoms with van der Waals surface area (Å²) in [6.07, 6.45) is 2.81. The molecule has 0 bridgehead atoms. The molecule has 5 nitrogen and oxygen atoms in total. The molecule has 1 aromatic carbocycles. The van der Waals surface area contributed by atoms with Gasteiger partial charge in [0, 0.05) is 32.3 Å². The standard InChI is InChI=1S/C17H20N2O3/c1-19-12-14(7-9-17(19)21)11-18-16(20)8-6-13-4-3-5-15(10-13)22-2/h3-5,7,9-10,12H,6,8,11H2,1-2H3,(H,18,20). The van der Waals surface area contributed by atoms with Crippen molar-refractivity contribution in [3.8, 4) is 5.75 Å². The number of benzene rings is 1. The predicted molar refractivity (Wildman–Crippen MR) is 84.8 cm³/mol. The highest BCUT2D eigenvalue weighted by molar-refractivity contribution is 5.76. The van der Waals surface area contributed by atoms with Gasteiger partial charge in [-0.15, -0.1) is 0 Å². The Labute approximate surface area is 129 Å². The van der Waals surface area contributed by atoms with Crippen molar-refractivity contribution in [3.05, 3.63) is 64.1 Å². The normalized spacial score (nSPS) is 10.3. The first kappa shape index (κ1) is 15.8. The van der Waals surface area contributed by atoms with Crippen LogP contribution in [0.4, 0.5) is 0 Å². The summed E-state index contributed by atoms with van der Waals surface area (Å²) in [5, 5.41) is 2.86. The second-order valence-corrected chi connectivity index (χ2v) is 5.11. The lowest BCUT2D eigenvalue weighted by Gasteiger charge is -2.07. The summed E-state index contributed by atoms with van der Waals surface area (Å²) in [5.74, 6) is 0.778. The van der Waals surface area contributed by atoms with Gasteiger partial charge in [0.25, 0.3) is 0 Å². The molecule has 5 heteroatoms. The van der Waals surface area contributed by atoms with E-state index in [0.717, 1.165) is 16.9 Å². The van der Waals surface area contributed by atoms with Crippen molar-refractivity contribution < 1.29 is 9.53 Å². The minimum atomic E-state index is -0.0619. The Hall–Kier alpha value is -2.56. The molecule has 0 aliphatic rings. The van der Waals surface area contributed by atoms with Crippen molar-refractivity contribution in [3.63, 3.8) is 0 Å². The van der Waals surface area contributed by atoms with Crippen LogP contribution in [0.5, 0.6) is 5.75 Å². The van der Waals surface area contributed by atoms with Crippen LogP contribution in [0.15, 0.2) is 47.4 Å². The molecule has 0 spiro atoms. The summed E-state index contributed by atoms with van der Waals surface area (Å²) in [4.78, 5) is 23.2. The van der Waals surface area contributed by atoms with E-state index in [-0.39, 0.29) is 11.5 Å². The highest BCUT2D eigenvalue weighted by Gasteiger charge is 2.04. The average Bonchev–Trinajstić information content (AvgIpc) is 2.54. The topological polar surface area (TPSA) is 60.3 Å². The second kappa shape index (κ2) is 7.45. The van der Waals surface area contributed by atoms with Gasteiger partial charge in [-0.05, 0) is 29.7 Å². The van der Waals surface area contributed by atoms with Gasteiger partial charge >= 0.3 is 0 Å². The van der Waals surface area contributed by atoms with Crippen molar-refractivity contribution in [2.24, 2.45) is 7.05 Å². The lowest BCUT2D eigenvalue weighted by molar-refractivity contribution is -0.121. The van der Waals surface area contributed by atoms with E-state index in [0.29, 0.717) is 19.4 Å². The van der Waals surface area contributed by atoms with Crippen molar-refractivity contribution in [1.29, 1.82) is 0 Å². The van der Waals surface area contributed by atoms with Crippen LogP contribution in [0.1, 0.15) is 17.5 Å². The first-order chi connectivity index (χ1) is 10.6. The predicted octanol–water partition coefficient (Wildman–Crippen LogP) is 1.64. The zero-order valence-corrected chi connectivity index (χ0v) is 12.8. The van der Waals surface area contributed by atoms with E-state index in [1.807, 2.05) is 24.3 Å². The first-order valence-electron chi connectivity index (χ1n) is 7.13. The number of nitrogens with zero attached hydrogens (tertiary/aromatic N) is 1. The Morgan fingerprint density at radius 2 is 2.05 bits per heavy atom. The van der Waals surface area contributed by atoms with E-state index >= 15 is 0 Å². The third-order valence-corrected chi connectivity index (χ3v) is 3.41. The summed E-state index contributed by atoms with van der Waals surface area (Å²) in [6, 6.07) is 10.9. The molecule has 1 amide bonds. The van der Waals surface area contributed by atoms with Crippen LogP contribution in [-0.4, -0.2) is 17.6 Å². The fourth-order valence-electron chi connectivity index (χ4n) is 2.13. The molecule has 0 saturated heterocycles. The highest BCUT2D eigenvalue weighted by atomic mass is 16.5. The number of hydrogen-bond donors (Lipinski definition) is 1. The molecule has 0 aliphatic carbocycles. The largest absolute Gasteiger partial charge is 0.497 e. The number of aromatic nitrogens is 1. The van der Waals surface area contributed by atoms with E-state index in [1.165, 1.54) is 10.6 Å². The number of hydrogen-bond acceptors (Lipinski definition) is 3. The fourth-order valence-corrected chi connectivity index (χ4v) is 2.13. The van der Waals surface area contributed by atoms with Crippen molar-refractivity contribution in [1.82, 2.24) is 9.88 Å². The number of carbonyl (C=O) groups is 1. The van der Waals surface area contributed by atoms with Crippen LogP contribution in [0.25, 0.3) is 0 Å². The zero-order chi connectivity index (χ0) is 15.9. The van der Waals surface area contributed by atoms with Gasteiger partial charge in [0.1, 0.15) is 5.75 Å². The molecule has 2 rings (SSSR count). The Bertz CT molecular complexity index is 707. The van der Waals surface area contributed by atoms with Crippen LogP contribution in [0.2, 0.25) is 0 Å². The Balaban J connectivity index is 1.82. The molecule has 116 valence electrons. The molecular formula is C17H20N2O3. The monoisotopic (exact) mass is 300 g/mol. The number of nitrogens with one attached hydrogen (secondary N) is 1. The number of carbonyl (C=O) groups excluding carboxylic acids is 1. The molecule has 1 aromatic heterocycles. The van der Waals surface area contributed by atoms with Gasteiger partial charge < -0.3 is 14.6 Å². The van der Waals surface area contributed by atoms with Crippen molar-refractivity contribution >= 4 is 5.91 Å². The van der Waals surface area contributed by atoms with E-state index in [9.17, 15) is 9.59 Å². The third kappa shape index (κ3) is 4.48. The Kier molecular flexibility index (Phi) is 5.36. The molecule has 0 atom stereocenters. The molecule has 0 radical (unpaired) electrons. The molecule has 0 fully saturated rings. The summed E-state index contributed by atoms with van der Waals surface area (Å²) in [7, 11) is 3.31. The van der Waals surface area contributed by atoms with E-state index in [1.54, 1.807) is 26.4 Å². The quantitative estimate of drug-likeness (QED) is 0.882. The van der Waals surface area contributed by atoms with Gasteiger partial charge in [-0.3, -0.25) is 9.59 Å². The van der Waals surface area contributed by atoms with Crippen LogP contribution >= 0.6 is 0 Å². The second-order valence-electron chi connectivity index (χ2n) is 5.11. The van der Waals surface area contributed by atoms with Crippen molar-refractivity contribution in [2.75, 3.05) is 7.11 Å². The number of ether oxygens (including phenoxy) is 1. The van der Waals surface area contributed by atoms with Gasteiger partial charge in [0.15, 0.2) is 0 Å². The Morgan fingerprint density at radius 3 is 2.77 bits per heavy atom. The molecule has 0 aliphatic heterocycles. The van der Waals surface area contributed by atoms with Gasteiger partial charge in [0.2, 0.25) is 11.5 Å². The maximum absolute atomic E-state index is 11.9. The summed E-state index contributed by atoms with van der Waals surface area (Å²) in [6.45, 7) is 0.422. The number of aryl methyl sites for hydroxylation is 2. The van der Waals surface area contributed by atoms with Gasteiger partial charge in [-0.1, -0.05) is 18.2 Å². The van der Waals surface area contributed by atoms with Crippen LogP contribution in [0.3, 0.4) is 0 Å². The van der Waals surface area contributed by atoms with E-state index in [4.69, 9.17) is 4.74 Å². The van der Waals surface area contributed by atoms with Crippen molar-refractivity contribution in [2.45, 2.75) is 19.4 Å². The molecular weight excluding hydrogens is 280 g/mol. The van der Waals surface area contributed by atoms with Crippen LogP contribution in [-0.2, 0) is 24.8 Å². The average molecular weight is 300 g/mol. The number of pyridine rings is 1. The minimum absolute atomic E-state index is 0.0170. The maximum atomic E-state index is 11.9. The summed E-state index contributed by atoms with van der Waals surface area (Å²) < 4.78 is 6.66. The molecule has 1 heterocycles. The lowest BCUT2D eigenvalue weighted by atomic mass is 10.1. The van der Waals surface area contributed by atoms with Gasteiger partial charge in [0.05, 0.1) is 7.11 Å². The van der Waals surface area contributed by atoms with E-state index in [2.05, 4.69) is 5.32 Å². The third-order valence-electron chi connectivity index (χ3n) is 3.41. The highest BCUT2D eigenvalue weighted by Crippen LogP contribution is 2.13. The molecule has 22 heavy (non-hydrogen) atoms. The number of methoxy groups -OCH3 is 1. The molecule has 2 aromatic rings. The maximum Gasteiger partial charge on any atom is 0.250 e. The molecule has 0 saturated carbocycles. The minimum Gasteiger partial charge on any atom is -0.497 e. The summed E-state index contributed by atoms with van der Waals surface area (Å²) >= 11 is 0. The molecule has 1 N–H and O–H groups in total.